The zero-order chi connectivity index (χ0) is 42.3. The molecule has 0 unspecified atom stereocenters. The molecule has 57 heavy (non-hydrogen) atoms. The van der Waals surface area contributed by atoms with Gasteiger partial charge in [-0.15, -0.1) is 54.1 Å². The molecular formula is C52H53IrN3O-2. The Morgan fingerprint density at radius 3 is 2.23 bits per heavy atom. The molecule has 8 aromatic rings. The van der Waals surface area contributed by atoms with Crippen LogP contribution in [0.4, 0.5) is 0 Å². The molecule has 1 fully saturated rings. The molecule has 0 N–H and O–H groups in total. The number of fused-ring (bicyclic) bond motifs is 4. The fraction of sp³-hybridized carbons (Fsp3) is 0.308. The van der Waals surface area contributed by atoms with Gasteiger partial charge in [-0.3, -0.25) is 4.98 Å². The summed E-state index contributed by atoms with van der Waals surface area (Å²) in [6, 6.07) is 41.9. The van der Waals surface area contributed by atoms with Gasteiger partial charge in [0.25, 0.3) is 0 Å². The first-order chi connectivity index (χ1) is 28.7. The Labute approximate surface area is 357 Å². The molecule has 4 nitrogen and oxygen atoms in total. The largest absolute Gasteiger partial charge is 0.501 e. The Bertz CT molecular complexity index is 2760. The van der Waals surface area contributed by atoms with Crippen molar-refractivity contribution in [3.05, 3.63) is 149 Å². The van der Waals surface area contributed by atoms with Gasteiger partial charge in [0.1, 0.15) is 5.58 Å². The van der Waals surface area contributed by atoms with Crippen molar-refractivity contribution in [2.24, 2.45) is 0 Å². The number of nitrogens with zero attached hydrogens (tertiary/aromatic N) is 3. The third kappa shape index (κ3) is 8.02. The van der Waals surface area contributed by atoms with Crippen LogP contribution in [0.25, 0.3) is 61.3 Å². The number of hydrogen-bond acceptors (Lipinski definition) is 3. The second-order valence-electron chi connectivity index (χ2n) is 16.0. The predicted molar refractivity (Wildman–Crippen MR) is 234 cm³/mol. The molecule has 3 heterocycles. The summed E-state index contributed by atoms with van der Waals surface area (Å²) in [5.41, 5.74) is 12.1. The average molecular weight is 932 g/mol. The molecule has 0 saturated heterocycles. The first-order valence-electron chi connectivity index (χ1n) is 22.2. The summed E-state index contributed by atoms with van der Waals surface area (Å²) in [5.74, 6) is 1.26. The number of imidazole rings is 1. The number of para-hydroxylation sites is 3. The van der Waals surface area contributed by atoms with Crippen molar-refractivity contribution < 1.29 is 30.0 Å². The van der Waals surface area contributed by atoms with Crippen molar-refractivity contribution in [2.75, 3.05) is 0 Å². The second-order valence-corrected chi connectivity index (χ2v) is 16.0. The third-order valence-corrected chi connectivity index (χ3v) is 11.3. The summed E-state index contributed by atoms with van der Waals surface area (Å²) < 4.78 is 40.0. The third-order valence-electron chi connectivity index (χ3n) is 11.3. The summed E-state index contributed by atoms with van der Waals surface area (Å²) in [5, 5.41) is 2.29. The van der Waals surface area contributed by atoms with E-state index in [1.807, 2.05) is 24.3 Å². The van der Waals surface area contributed by atoms with Crippen LogP contribution in [0, 0.1) is 19.0 Å². The summed E-state index contributed by atoms with van der Waals surface area (Å²) in [6.45, 7) is 10.2. The maximum atomic E-state index is 8.16. The number of hydrogen-bond donors (Lipinski definition) is 0. The first-order valence-corrected chi connectivity index (χ1v) is 20.2. The quantitative estimate of drug-likeness (QED) is 0.150. The molecule has 1 aliphatic rings. The van der Waals surface area contributed by atoms with Crippen LogP contribution in [0.15, 0.2) is 114 Å². The molecule has 3 aromatic heterocycles. The molecule has 1 aliphatic carbocycles. The van der Waals surface area contributed by atoms with Gasteiger partial charge in [0.05, 0.1) is 22.4 Å². The monoisotopic (exact) mass is 932 g/mol. The topological polar surface area (TPSA) is 43.9 Å². The van der Waals surface area contributed by atoms with Crippen LogP contribution in [-0.4, -0.2) is 14.5 Å². The minimum absolute atomic E-state index is 0. The number of benzene rings is 5. The van der Waals surface area contributed by atoms with Crippen LogP contribution in [0.2, 0.25) is 0 Å². The van der Waals surface area contributed by atoms with Crippen LogP contribution in [0.3, 0.4) is 0 Å². The van der Waals surface area contributed by atoms with Gasteiger partial charge in [-0.2, -0.15) is 0 Å². The van der Waals surface area contributed by atoms with Gasteiger partial charge in [-0.1, -0.05) is 120 Å². The van der Waals surface area contributed by atoms with Gasteiger partial charge in [0.15, 0.2) is 0 Å². The fourth-order valence-corrected chi connectivity index (χ4v) is 8.37. The Hall–Kier alpha value is -4.83. The van der Waals surface area contributed by atoms with Crippen LogP contribution < -0.4 is 0 Å². The van der Waals surface area contributed by atoms with Gasteiger partial charge < -0.3 is 14.0 Å². The normalized spacial score (nSPS) is 14.9. The minimum Gasteiger partial charge on any atom is -0.501 e. The molecule has 1 saturated carbocycles. The molecule has 5 heteroatoms. The van der Waals surface area contributed by atoms with Crippen molar-refractivity contribution in [1.29, 1.82) is 0 Å². The zero-order valence-electron chi connectivity index (χ0n) is 37.7. The number of pyridine rings is 1. The van der Waals surface area contributed by atoms with Gasteiger partial charge in [-0.25, -0.2) is 0 Å². The Morgan fingerprint density at radius 1 is 0.772 bits per heavy atom. The summed E-state index contributed by atoms with van der Waals surface area (Å²) >= 11 is 0. The molecule has 0 spiro atoms. The van der Waals surface area contributed by atoms with E-state index < -0.39 is 12.7 Å². The molecule has 293 valence electrons. The molecule has 0 atom stereocenters. The zero-order valence-corrected chi connectivity index (χ0v) is 36.1. The van der Waals surface area contributed by atoms with Crippen LogP contribution >= 0.6 is 0 Å². The smallest absolute Gasteiger partial charge is 0.121 e. The van der Waals surface area contributed by atoms with Gasteiger partial charge in [0.2, 0.25) is 0 Å². The molecule has 9 rings (SSSR count). The van der Waals surface area contributed by atoms with E-state index in [9.17, 15) is 0 Å². The van der Waals surface area contributed by atoms with Crippen molar-refractivity contribution in [3.63, 3.8) is 0 Å². The second kappa shape index (κ2) is 17.3. The van der Waals surface area contributed by atoms with Crippen molar-refractivity contribution >= 4 is 33.0 Å². The standard InChI is InChI=1S/C37H37N2O.C15H16N.Ir/c1-23(2)27-14-10-15-28(24(3)4)35(27)39-33-19-9-8-18-32(33)38-37(39)31-17-11-16-30-29-21-20-26(22-34(29)40-36(30)31)25-12-6-5-7-13-25;1-11(2)14-9-15(16-10-12(14)3)13-7-5-4-6-8-13;/h8-11,14-16,18-25H,5-7,12-13H2,1-4H3;4-7,9-11H,1-3H3;/q2*-1;/i;3D3,11D;. The van der Waals surface area contributed by atoms with E-state index in [1.54, 1.807) is 26.0 Å². The Kier molecular flexibility index (Phi) is 10.8. The predicted octanol–water partition coefficient (Wildman–Crippen LogP) is 14.7. The molecule has 0 aliphatic heterocycles. The van der Waals surface area contributed by atoms with E-state index in [1.165, 1.54) is 60.7 Å². The fourth-order valence-electron chi connectivity index (χ4n) is 8.37. The minimum atomic E-state index is -2.26. The van der Waals surface area contributed by atoms with Crippen LogP contribution in [0.5, 0.6) is 0 Å². The van der Waals surface area contributed by atoms with Crippen LogP contribution in [-0.2, 0) is 20.1 Å². The molecule has 1 radical (unpaired) electrons. The van der Waals surface area contributed by atoms with E-state index >= 15 is 0 Å². The van der Waals surface area contributed by atoms with Crippen molar-refractivity contribution in [1.82, 2.24) is 14.5 Å². The van der Waals surface area contributed by atoms with E-state index in [-0.39, 0.29) is 25.7 Å². The van der Waals surface area contributed by atoms with Gasteiger partial charge in [0, 0.05) is 42.9 Å². The molecule has 5 aromatic carbocycles. The molecule has 0 amide bonds. The number of furan rings is 1. The first kappa shape index (κ1) is 35.3. The summed E-state index contributed by atoms with van der Waals surface area (Å²) in [7, 11) is 0. The Morgan fingerprint density at radius 2 is 1.53 bits per heavy atom. The average Bonchev–Trinajstić information content (AvgIpc) is 3.82. The summed E-state index contributed by atoms with van der Waals surface area (Å²) in [6.07, 6.45) is 7.93. The maximum Gasteiger partial charge on any atom is 0.121 e. The van der Waals surface area contributed by atoms with E-state index in [0.29, 0.717) is 29.0 Å². The molecular weight excluding hydrogens is 875 g/mol. The van der Waals surface area contributed by atoms with Crippen molar-refractivity contribution in [2.45, 2.75) is 104 Å². The number of aromatic nitrogens is 3. The van der Waals surface area contributed by atoms with E-state index in [0.717, 1.165) is 49.9 Å². The van der Waals surface area contributed by atoms with E-state index in [4.69, 9.17) is 14.9 Å². The number of aryl methyl sites for hydroxylation is 1. The SMILES string of the molecule is CC(C)c1cccc(C(C)C)c1-n1c(-c2[c-]ccc3c2oc2cc(C4CCCCC4)ccc23)nc2ccccc21.[2H]C([2H])([2H])c1cnc(-c2[c-]cccc2)cc1C([2H])(C)C.[Ir]. The van der Waals surface area contributed by atoms with Gasteiger partial charge >= 0.3 is 0 Å². The van der Waals surface area contributed by atoms with Gasteiger partial charge in [-0.05, 0) is 95.1 Å². The van der Waals surface area contributed by atoms with E-state index in [2.05, 4.69) is 116 Å². The summed E-state index contributed by atoms with van der Waals surface area (Å²) in [4.78, 5) is 9.46. The maximum absolute atomic E-state index is 8.16. The molecule has 0 bridgehead atoms. The Balaban J connectivity index is 0.000000226. The van der Waals surface area contributed by atoms with Crippen LogP contribution in [0.1, 0.15) is 131 Å². The number of rotatable bonds is 7. The van der Waals surface area contributed by atoms with Crippen molar-refractivity contribution in [3.8, 4) is 28.3 Å².